The van der Waals surface area contributed by atoms with Crippen LogP contribution >= 0.6 is 0 Å². The normalized spacial score (nSPS) is 11.2. The Labute approximate surface area is 190 Å². The minimum Gasteiger partial charge on any atom is -0.481 e. The Morgan fingerprint density at radius 3 is 1.74 bits per heavy atom. The third-order valence-electron chi connectivity index (χ3n) is 5.65. The minimum atomic E-state index is -0.737. The van der Waals surface area contributed by atoms with Gasteiger partial charge in [-0.15, -0.1) is 0 Å². The molecule has 184 valence electrons. The van der Waals surface area contributed by atoms with Gasteiger partial charge in [0.25, 0.3) is 0 Å². The van der Waals surface area contributed by atoms with Gasteiger partial charge in [-0.3, -0.25) is 9.59 Å². The molecule has 0 saturated heterocycles. The Balaban J connectivity index is 3.51. The summed E-state index contributed by atoms with van der Waals surface area (Å²) in [5, 5.41) is 17.9. The maximum Gasteiger partial charge on any atom is 0.305 e. The summed E-state index contributed by atoms with van der Waals surface area (Å²) in [7, 11) is 0. The molecule has 0 saturated carbocycles. The van der Waals surface area contributed by atoms with Crippen LogP contribution in [-0.4, -0.2) is 59.9 Å². The molecule has 0 rings (SSSR count). The smallest absolute Gasteiger partial charge is 0.305 e. The first-order valence-electron chi connectivity index (χ1n) is 12.8. The molecule has 6 heteroatoms. The topological polar surface area (TPSA) is 87.1 Å². The second kappa shape index (κ2) is 23.5. The van der Waals surface area contributed by atoms with Crippen molar-refractivity contribution in [2.45, 2.75) is 116 Å². The molecular weight excluding hydrogens is 394 g/mol. The van der Waals surface area contributed by atoms with Crippen LogP contribution in [0.5, 0.6) is 0 Å². The van der Waals surface area contributed by atoms with Crippen LogP contribution in [0.15, 0.2) is 0 Å². The lowest BCUT2D eigenvalue weighted by Crippen LogP contribution is -2.29. The number of hydrogen-bond acceptors (Lipinski definition) is 5. The molecule has 0 bridgehead atoms. The monoisotopic (exact) mass is 443 g/mol. The summed E-state index contributed by atoms with van der Waals surface area (Å²) in [6.07, 6.45) is 17.5. The van der Waals surface area contributed by atoms with Gasteiger partial charge in [0, 0.05) is 19.4 Å². The molecule has 6 nitrogen and oxygen atoms in total. The highest BCUT2D eigenvalue weighted by molar-refractivity contribution is 5.69. The largest absolute Gasteiger partial charge is 0.481 e. The highest BCUT2D eigenvalue weighted by atomic mass is 16.5. The molecule has 0 aliphatic rings. The van der Waals surface area contributed by atoms with Gasteiger partial charge >= 0.3 is 11.9 Å². The number of carbonyl (C=O) groups is 2. The zero-order valence-electron chi connectivity index (χ0n) is 20.1. The molecule has 0 aromatic heterocycles. The van der Waals surface area contributed by atoms with Crippen LogP contribution in [0.1, 0.15) is 116 Å². The predicted molar refractivity (Wildman–Crippen MR) is 126 cm³/mol. The van der Waals surface area contributed by atoms with Crippen molar-refractivity contribution in [1.29, 1.82) is 0 Å². The van der Waals surface area contributed by atoms with E-state index in [1.807, 2.05) is 0 Å². The lowest BCUT2D eigenvalue weighted by molar-refractivity contribution is -0.144. The summed E-state index contributed by atoms with van der Waals surface area (Å²) in [5.74, 6) is -0.816. The highest BCUT2D eigenvalue weighted by Crippen LogP contribution is 2.10. The number of carbonyl (C=O) groups excluding carboxylic acids is 1. The zero-order valence-corrected chi connectivity index (χ0v) is 20.1. The number of aliphatic hydroxyl groups is 1. The van der Waals surface area contributed by atoms with Crippen LogP contribution in [0, 0.1) is 0 Å². The van der Waals surface area contributed by atoms with E-state index in [2.05, 4.69) is 11.8 Å². The van der Waals surface area contributed by atoms with Crippen LogP contribution in [0.3, 0.4) is 0 Å². The van der Waals surface area contributed by atoms with Gasteiger partial charge in [-0.05, 0) is 45.2 Å². The van der Waals surface area contributed by atoms with Gasteiger partial charge in [-0.2, -0.15) is 0 Å². The van der Waals surface area contributed by atoms with Crippen LogP contribution in [-0.2, 0) is 14.3 Å². The fourth-order valence-electron chi connectivity index (χ4n) is 3.72. The number of ether oxygens (including phenoxy) is 1. The number of aliphatic carboxylic acids is 1. The number of unbranched alkanes of at least 4 members (excludes halogenated alkanes) is 12. The Hall–Kier alpha value is -1.14. The summed E-state index contributed by atoms with van der Waals surface area (Å²) in [4.78, 5) is 24.6. The molecule has 0 atom stereocenters. The van der Waals surface area contributed by atoms with E-state index in [1.54, 1.807) is 0 Å². The lowest BCUT2D eigenvalue weighted by Gasteiger charge is -2.21. The second-order valence-electron chi connectivity index (χ2n) is 8.63. The summed E-state index contributed by atoms with van der Waals surface area (Å²) < 4.78 is 5.34. The molecule has 31 heavy (non-hydrogen) atoms. The Morgan fingerprint density at radius 1 is 0.677 bits per heavy atom. The molecular formula is C25H49NO5. The number of nitrogens with zero attached hydrogens (tertiary/aromatic N) is 1. The lowest BCUT2D eigenvalue weighted by atomic mass is 10.1. The van der Waals surface area contributed by atoms with E-state index >= 15 is 0 Å². The third-order valence-corrected chi connectivity index (χ3v) is 5.65. The van der Waals surface area contributed by atoms with Gasteiger partial charge in [0.15, 0.2) is 0 Å². The standard InChI is InChI=1S/C25H49NO5/c1-2-3-4-5-6-7-8-9-16-23-31-25(30)18-13-11-15-20-26(21-22-27)19-14-10-12-17-24(28)29/h27H,2-23H2,1H3,(H,28,29). The van der Waals surface area contributed by atoms with Crippen LogP contribution in [0.25, 0.3) is 0 Å². The molecule has 0 aliphatic heterocycles. The average Bonchev–Trinajstić information content (AvgIpc) is 2.74. The summed E-state index contributed by atoms with van der Waals surface area (Å²) in [6.45, 7) is 5.39. The molecule has 2 N–H and O–H groups in total. The number of carboxylic acids is 1. The van der Waals surface area contributed by atoms with Crippen LogP contribution in [0.2, 0.25) is 0 Å². The molecule has 0 fully saturated rings. The molecule has 0 aromatic rings. The van der Waals surface area contributed by atoms with E-state index in [0.717, 1.165) is 58.0 Å². The second-order valence-corrected chi connectivity index (χ2v) is 8.63. The molecule has 0 radical (unpaired) electrons. The van der Waals surface area contributed by atoms with E-state index in [-0.39, 0.29) is 19.0 Å². The molecule has 0 heterocycles. The number of carboxylic acid groups (broad SMARTS) is 1. The van der Waals surface area contributed by atoms with E-state index in [4.69, 9.17) is 9.84 Å². The number of hydrogen-bond donors (Lipinski definition) is 2. The van der Waals surface area contributed by atoms with Crippen molar-refractivity contribution >= 4 is 11.9 Å². The first-order chi connectivity index (χ1) is 15.1. The Morgan fingerprint density at radius 2 is 1.19 bits per heavy atom. The van der Waals surface area contributed by atoms with E-state index in [9.17, 15) is 14.7 Å². The minimum absolute atomic E-state index is 0.0785. The van der Waals surface area contributed by atoms with Crippen molar-refractivity contribution in [1.82, 2.24) is 4.90 Å². The first kappa shape index (κ1) is 29.9. The molecule has 0 amide bonds. The van der Waals surface area contributed by atoms with Crippen molar-refractivity contribution in [3.63, 3.8) is 0 Å². The zero-order chi connectivity index (χ0) is 23.0. The predicted octanol–water partition coefficient (Wildman–Crippen LogP) is 5.56. The highest BCUT2D eigenvalue weighted by Gasteiger charge is 2.06. The van der Waals surface area contributed by atoms with Crippen molar-refractivity contribution in [3.8, 4) is 0 Å². The van der Waals surface area contributed by atoms with Gasteiger partial charge < -0.3 is 19.8 Å². The maximum absolute atomic E-state index is 11.8. The van der Waals surface area contributed by atoms with Crippen LogP contribution < -0.4 is 0 Å². The summed E-state index contributed by atoms with van der Waals surface area (Å²) in [6, 6.07) is 0. The number of rotatable bonds is 24. The van der Waals surface area contributed by atoms with E-state index in [0.29, 0.717) is 26.0 Å². The maximum atomic E-state index is 11.8. The fraction of sp³-hybridized carbons (Fsp3) is 0.920. The average molecular weight is 444 g/mol. The van der Waals surface area contributed by atoms with Crippen molar-refractivity contribution < 1.29 is 24.5 Å². The first-order valence-corrected chi connectivity index (χ1v) is 12.8. The van der Waals surface area contributed by atoms with Crippen molar-refractivity contribution in [2.75, 3.05) is 32.8 Å². The van der Waals surface area contributed by atoms with Gasteiger partial charge in [0.05, 0.1) is 13.2 Å². The van der Waals surface area contributed by atoms with E-state index < -0.39 is 5.97 Å². The van der Waals surface area contributed by atoms with Gasteiger partial charge in [-0.25, -0.2) is 0 Å². The van der Waals surface area contributed by atoms with Gasteiger partial charge in [-0.1, -0.05) is 71.1 Å². The van der Waals surface area contributed by atoms with Gasteiger partial charge in [0.2, 0.25) is 0 Å². The summed E-state index contributed by atoms with van der Waals surface area (Å²) >= 11 is 0. The number of aliphatic hydroxyl groups excluding tert-OH is 1. The SMILES string of the molecule is CCCCCCCCCCCOC(=O)CCCCCN(CCO)CCCCCC(=O)O. The quantitative estimate of drug-likeness (QED) is 0.150. The Bertz CT molecular complexity index is 417. The third kappa shape index (κ3) is 23.4. The molecule has 0 aliphatic carbocycles. The van der Waals surface area contributed by atoms with Gasteiger partial charge in [0.1, 0.15) is 0 Å². The van der Waals surface area contributed by atoms with Crippen molar-refractivity contribution in [3.05, 3.63) is 0 Å². The Kier molecular flexibility index (Phi) is 22.7. The summed E-state index contributed by atoms with van der Waals surface area (Å²) in [5.41, 5.74) is 0. The van der Waals surface area contributed by atoms with Crippen molar-refractivity contribution in [2.24, 2.45) is 0 Å². The molecule has 0 aromatic carbocycles. The number of esters is 1. The van der Waals surface area contributed by atoms with Crippen LogP contribution in [0.4, 0.5) is 0 Å². The van der Waals surface area contributed by atoms with E-state index in [1.165, 1.54) is 44.9 Å². The molecule has 0 unspecified atom stereocenters. The fourth-order valence-corrected chi connectivity index (χ4v) is 3.72. The molecule has 0 spiro atoms.